The Morgan fingerprint density at radius 1 is 0.920 bits per heavy atom. The summed E-state index contributed by atoms with van der Waals surface area (Å²) in [5.74, 6) is 0.955. The van der Waals surface area contributed by atoms with Gasteiger partial charge >= 0.3 is 0 Å². The van der Waals surface area contributed by atoms with Crippen LogP contribution < -0.4 is 20.1 Å². The maximum atomic E-state index is 12.3. The zero-order valence-electron chi connectivity index (χ0n) is 14.8. The number of ether oxygens (including phenoxy) is 2. The van der Waals surface area contributed by atoms with Gasteiger partial charge in [0.25, 0.3) is 0 Å². The molecule has 0 fully saturated rings. The van der Waals surface area contributed by atoms with Crippen LogP contribution in [0.2, 0.25) is 0 Å². The highest BCUT2D eigenvalue weighted by Gasteiger charge is 2.12. The van der Waals surface area contributed by atoms with Crippen molar-refractivity contribution >= 4 is 23.2 Å². The molecule has 0 aromatic heterocycles. The molecule has 2 aromatic carbocycles. The molecule has 0 aliphatic rings. The summed E-state index contributed by atoms with van der Waals surface area (Å²) in [6.45, 7) is 3.37. The number of carbonyl (C=O) groups is 2. The first-order valence-corrected chi connectivity index (χ1v) is 7.82. The molecule has 0 spiro atoms. The van der Waals surface area contributed by atoms with Crippen molar-refractivity contribution in [3.63, 3.8) is 0 Å². The lowest BCUT2D eigenvalue weighted by molar-refractivity contribution is -0.116. The lowest BCUT2D eigenvalue weighted by Crippen LogP contribution is -2.15. The highest BCUT2D eigenvalue weighted by atomic mass is 16.5. The van der Waals surface area contributed by atoms with Crippen molar-refractivity contribution in [2.24, 2.45) is 0 Å². The van der Waals surface area contributed by atoms with Gasteiger partial charge in [0, 0.05) is 18.3 Å². The Bertz CT molecular complexity index is 770. The maximum Gasteiger partial charge on any atom is 0.228 e. The molecule has 0 saturated heterocycles. The maximum absolute atomic E-state index is 12.3. The van der Waals surface area contributed by atoms with Gasteiger partial charge < -0.3 is 20.1 Å². The largest absolute Gasteiger partial charge is 0.493 e. The van der Waals surface area contributed by atoms with Gasteiger partial charge in [0.05, 0.1) is 20.6 Å². The van der Waals surface area contributed by atoms with E-state index in [1.54, 1.807) is 38.5 Å². The lowest BCUT2D eigenvalue weighted by Gasteiger charge is -2.13. The molecular weight excluding hydrogens is 320 g/mol. The molecule has 0 aliphatic carbocycles. The van der Waals surface area contributed by atoms with E-state index in [0.29, 0.717) is 22.9 Å². The van der Waals surface area contributed by atoms with Crippen molar-refractivity contribution in [2.75, 3.05) is 24.9 Å². The predicted octanol–water partition coefficient (Wildman–Crippen LogP) is 3.15. The predicted molar refractivity (Wildman–Crippen MR) is 97.4 cm³/mol. The molecule has 0 unspecified atom stereocenters. The van der Waals surface area contributed by atoms with Gasteiger partial charge in [0.1, 0.15) is 0 Å². The van der Waals surface area contributed by atoms with Gasteiger partial charge in [0.2, 0.25) is 11.8 Å². The average Bonchev–Trinajstić information content (AvgIpc) is 2.57. The summed E-state index contributed by atoms with van der Waals surface area (Å²) in [5.41, 5.74) is 3.16. The third kappa shape index (κ3) is 4.97. The minimum Gasteiger partial charge on any atom is -0.493 e. The Morgan fingerprint density at radius 3 is 1.96 bits per heavy atom. The number of hydrogen-bond donors (Lipinski definition) is 2. The molecule has 0 saturated carbocycles. The molecule has 2 amide bonds. The molecule has 6 nitrogen and oxygen atoms in total. The van der Waals surface area contributed by atoms with Crippen LogP contribution in [0.4, 0.5) is 11.4 Å². The number of carbonyl (C=O) groups excluding carboxylic acids is 2. The van der Waals surface area contributed by atoms with E-state index in [4.69, 9.17) is 9.47 Å². The summed E-state index contributed by atoms with van der Waals surface area (Å²) in [5, 5.41) is 5.52. The van der Waals surface area contributed by atoms with E-state index in [1.165, 1.54) is 6.92 Å². The van der Waals surface area contributed by atoms with Crippen molar-refractivity contribution in [3.8, 4) is 11.5 Å². The van der Waals surface area contributed by atoms with Gasteiger partial charge in [-0.3, -0.25) is 9.59 Å². The van der Waals surface area contributed by atoms with Crippen LogP contribution in [0, 0.1) is 6.92 Å². The molecule has 2 N–H and O–H groups in total. The normalized spacial score (nSPS) is 10.1. The molecule has 0 aliphatic heterocycles. The van der Waals surface area contributed by atoms with Crippen LogP contribution in [0.3, 0.4) is 0 Å². The quantitative estimate of drug-likeness (QED) is 0.845. The van der Waals surface area contributed by atoms with Crippen LogP contribution >= 0.6 is 0 Å². The zero-order valence-corrected chi connectivity index (χ0v) is 14.8. The minimum absolute atomic E-state index is 0.136. The van der Waals surface area contributed by atoms with Crippen LogP contribution in [0.25, 0.3) is 0 Å². The van der Waals surface area contributed by atoms with Crippen LogP contribution in [-0.4, -0.2) is 26.0 Å². The molecule has 132 valence electrons. The first-order valence-electron chi connectivity index (χ1n) is 7.82. The third-order valence-electron chi connectivity index (χ3n) is 3.68. The van der Waals surface area contributed by atoms with E-state index in [0.717, 1.165) is 11.1 Å². The SMILES string of the molecule is COc1cc(C)c(CC(=O)Nc2ccc(NC(C)=O)cc2)cc1OC. The van der Waals surface area contributed by atoms with E-state index in [9.17, 15) is 9.59 Å². The number of hydrogen-bond acceptors (Lipinski definition) is 4. The zero-order chi connectivity index (χ0) is 18.4. The minimum atomic E-state index is -0.138. The number of benzene rings is 2. The summed E-state index contributed by atoms with van der Waals surface area (Å²) >= 11 is 0. The number of anilines is 2. The van der Waals surface area contributed by atoms with Gasteiger partial charge in [-0.15, -0.1) is 0 Å². The number of aryl methyl sites for hydroxylation is 1. The molecular formula is C19H22N2O4. The van der Waals surface area contributed by atoms with E-state index in [1.807, 2.05) is 19.1 Å². The number of nitrogens with one attached hydrogen (secondary N) is 2. The lowest BCUT2D eigenvalue weighted by atomic mass is 10.0. The standard InChI is InChI=1S/C19H22N2O4/c1-12-9-17(24-3)18(25-4)10-14(12)11-19(23)21-16-7-5-15(6-8-16)20-13(2)22/h5-10H,11H2,1-4H3,(H,20,22)(H,21,23). The third-order valence-corrected chi connectivity index (χ3v) is 3.68. The molecule has 2 aromatic rings. The molecule has 0 atom stereocenters. The smallest absolute Gasteiger partial charge is 0.228 e. The molecule has 0 bridgehead atoms. The van der Waals surface area contributed by atoms with Gasteiger partial charge in [-0.05, 0) is 54.4 Å². The Hall–Kier alpha value is -3.02. The van der Waals surface area contributed by atoms with Crippen molar-refractivity contribution in [2.45, 2.75) is 20.3 Å². The summed E-state index contributed by atoms with van der Waals surface area (Å²) in [6.07, 6.45) is 0.222. The second kappa shape index (κ2) is 8.19. The summed E-state index contributed by atoms with van der Waals surface area (Å²) < 4.78 is 10.5. The van der Waals surface area contributed by atoms with Crippen molar-refractivity contribution in [1.82, 2.24) is 0 Å². The fourth-order valence-electron chi connectivity index (χ4n) is 2.43. The van der Waals surface area contributed by atoms with E-state index in [-0.39, 0.29) is 18.2 Å². The molecule has 0 heterocycles. The highest BCUT2D eigenvalue weighted by molar-refractivity contribution is 5.93. The number of rotatable bonds is 6. The van der Waals surface area contributed by atoms with Crippen LogP contribution in [-0.2, 0) is 16.0 Å². The molecule has 25 heavy (non-hydrogen) atoms. The van der Waals surface area contributed by atoms with E-state index in [2.05, 4.69) is 10.6 Å². The van der Waals surface area contributed by atoms with Gasteiger partial charge in [-0.2, -0.15) is 0 Å². The summed E-state index contributed by atoms with van der Waals surface area (Å²) in [6, 6.07) is 10.6. The monoisotopic (exact) mass is 342 g/mol. The summed E-state index contributed by atoms with van der Waals surface area (Å²) in [7, 11) is 3.14. The molecule has 0 radical (unpaired) electrons. The van der Waals surface area contributed by atoms with Crippen molar-refractivity contribution < 1.29 is 19.1 Å². The Morgan fingerprint density at radius 2 is 1.44 bits per heavy atom. The van der Waals surface area contributed by atoms with Gasteiger partial charge in [-0.25, -0.2) is 0 Å². The van der Waals surface area contributed by atoms with E-state index < -0.39 is 0 Å². The van der Waals surface area contributed by atoms with Crippen LogP contribution in [0.15, 0.2) is 36.4 Å². The summed E-state index contributed by atoms with van der Waals surface area (Å²) in [4.78, 5) is 23.3. The topological polar surface area (TPSA) is 76.7 Å². The second-order valence-corrected chi connectivity index (χ2v) is 5.62. The Balaban J connectivity index is 2.06. The van der Waals surface area contributed by atoms with Crippen LogP contribution in [0.5, 0.6) is 11.5 Å². The van der Waals surface area contributed by atoms with Gasteiger partial charge in [-0.1, -0.05) is 0 Å². The van der Waals surface area contributed by atoms with Crippen molar-refractivity contribution in [1.29, 1.82) is 0 Å². The number of amides is 2. The van der Waals surface area contributed by atoms with E-state index >= 15 is 0 Å². The first-order chi connectivity index (χ1) is 11.9. The van der Waals surface area contributed by atoms with Gasteiger partial charge in [0.15, 0.2) is 11.5 Å². The Kier molecular flexibility index (Phi) is 6.00. The number of methoxy groups -OCH3 is 2. The highest BCUT2D eigenvalue weighted by Crippen LogP contribution is 2.30. The second-order valence-electron chi connectivity index (χ2n) is 5.62. The molecule has 6 heteroatoms. The van der Waals surface area contributed by atoms with Crippen molar-refractivity contribution in [3.05, 3.63) is 47.5 Å². The molecule has 2 rings (SSSR count). The Labute approximate surface area is 147 Å². The first kappa shape index (κ1) is 18.3. The fourth-order valence-corrected chi connectivity index (χ4v) is 2.43. The average molecular weight is 342 g/mol. The van der Waals surface area contributed by atoms with Crippen LogP contribution in [0.1, 0.15) is 18.1 Å². The fraction of sp³-hybridized carbons (Fsp3) is 0.263.